The van der Waals surface area contributed by atoms with Crippen molar-refractivity contribution in [1.29, 1.82) is 0 Å². The standard InChI is InChI=1S/C59H62N8O6/c1-5-37-22-24-39-25-23-38(33-45(39)43-27-29-47-49(35-43)63-55(61-47)51-19-13-31-67(51)57(69)53(65-59(71)73-4)41-16-10-7-11-17-41)21-20-36(2)44(32-37)42-26-28-46-48(34-42)62-54(60-46)50-18-12-30-66(50)56(68)52(64-58(70)72-3)40-14-8-6-9-15-40/h5-11,14-17,23,25-29,32-36,50-53H,12-13,18-22,24,30-31H2,1-4H3,(H,60,62)(H,61,63)(H,64,70)(H,65,71)/b37-5-,44-32+/t36-,50+,51+,52+,53+/m1/s1. The normalized spacial score (nSPS) is 20.2. The second-order valence-electron chi connectivity index (χ2n) is 19.4. The number of likely N-dealkylation sites (tertiary alicyclic amines) is 2. The highest BCUT2D eigenvalue weighted by molar-refractivity contribution is 5.89. The minimum Gasteiger partial charge on any atom is -0.453 e. The maximum atomic E-state index is 14.2. The Kier molecular flexibility index (Phi) is 14.2. The fourth-order valence-corrected chi connectivity index (χ4v) is 11.0. The lowest BCUT2D eigenvalue weighted by molar-refractivity contribution is -0.135. The van der Waals surface area contributed by atoms with Crippen molar-refractivity contribution in [2.75, 3.05) is 27.3 Å². The number of aromatic nitrogens is 4. The van der Waals surface area contributed by atoms with Gasteiger partial charge in [0.1, 0.15) is 23.7 Å². The zero-order valence-electron chi connectivity index (χ0n) is 41.8. The number of alkyl carbamates (subject to hydrolysis) is 2. The number of benzene rings is 5. The third-order valence-electron chi connectivity index (χ3n) is 15.0. The number of imidazole rings is 2. The minimum absolute atomic E-state index is 0.200. The average molecular weight is 979 g/mol. The van der Waals surface area contributed by atoms with Crippen LogP contribution in [0.5, 0.6) is 0 Å². The van der Waals surface area contributed by atoms with Crippen LogP contribution in [0.2, 0.25) is 0 Å². The number of H-pyrrole nitrogens is 2. The van der Waals surface area contributed by atoms with E-state index < -0.39 is 24.3 Å². The van der Waals surface area contributed by atoms with E-state index in [-0.39, 0.29) is 29.8 Å². The van der Waals surface area contributed by atoms with Gasteiger partial charge in [0, 0.05) is 13.1 Å². The van der Waals surface area contributed by atoms with Crippen LogP contribution in [0.4, 0.5) is 9.59 Å². The summed E-state index contributed by atoms with van der Waals surface area (Å²) in [7, 11) is 2.59. The van der Waals surface area contributed by atoms with E-state index in [0.717, 1.165) is 96.2 Å². The molecule has 0 saturated carbocycles. The van der Waals surface area contributed by atoms with Crippen molar-refractivity contribution >= 4 is 51.6 Å². The second kappa shape index (κ2) is 21.4. The molecule has 2 aromatic heterocycles. The Hall–Kier alpha value is -8.00. The van der Waals surface area contributed by atoms with Crippen LogP contribution in [-0.2, 0) is 31.9 Å². The topological polar surface area (TPSA) is 175 Å². The van der Waals surface area contributed by atoms with Crippen LogP contribution >= 0.6 is 0 Å². The lowest BCUT2D eigenvalue weighted by Gasteiger charge is -2.28. The Labute approximate surface area is 425 Å². The van der Waals surface area contributed by atoms with Crippen molar-refractivity contribution in [3.8, 4) is 11.1 Å². The van der Waals surface area contributed by atoms with Crippen molar-refractivity contribution in [2.24, 2.45) is 5.92 Å². The number of fused-ring (bicyclic) bond motifs is 10. The highest BCUT2D eigenvalue weighted by Crippen LogP contribution is 2.39. The molecule has 4 heterocycles. The summed E-state index contributed by atoms with van der Waals surface area (Å²) < 4.78 is 9.80. The van der Waals surface area contributed by atoms with E-state index in [1.807, 2.05) is 70.5 Å². The van der Waals surface area contributed by atoms with Gasteiger partial charge in [-0.1, -0.05) is 116 Å². The Morgan fingerprint density at radius 3 is 1.71 bits per heavy atom. The van der Waals surface area contributed by atoms with Gasteiger partial charge in [0.15, 0.2) is 0 Å². The molecule has 11 rings (SSSR count). The molecule has 5 atom stereocenters. The van der Waals surface area contributed by atoms with Crippen LogP contribution in [0.1, 0.15) is 116 Å². The Bertz CT molecular complexity index is 3230. The van der Waals surface area contributed by atoms with Gasteiger partial charge in [0.2, 0.25) is 0 Å². The summed E-state index contributed by atoms with van der Waals surface area (Å²) in [6.07, 6.45) is 9.94. The average Bonchev–Trinajstić information content (AvgIpc) is 4.27. The summed E-state index contributed by atoms with van der Waals surface area (Å²) >= 11 is 0. The van der Waals surface area contributed by atoms with Crippen LogP contribution in [0.15, 0.2) is 133 Å². The molecule has 0 unspecified atom stereocenters. The number of carbonyl (C=O) groups excluding carboxylic acids is 4. The number of ether oxygens (including phenoxy) is 2. The molecule has 2 aliphatic heterocycles. The summed E-state index contributed by atoms with van der Waals surface area (Å²) in [5.74, 6) is 1.30. The van der Waals surface area contributed by atoms with Crippen LogP contribution in [0.25, 0.3) is 38.8 Å². The highest BCUT2D eigenvalue weighted by atomic mass is 16.5. The van der Waals surface area contributed by atoms with Gasteiger partial charge in [-0.2, -0.15) is 0 Å². The molecule has 14 heteroatoms. The summed E-state index contributed by atoms with van der Waals surface area (Å²) in [4.78, 5) is 74.2. The summed E-state index contributed by atoms with van der Waals surface area (Å²) in [6.45, 7) is 5.54. The monoisotopic (exact) mass is 978 g/mol. The van der Waals surface area contributed by atoms with Gasteiger partial charge in [-0.3, -0.25) is 9.59 Å². The molecular weight excluding hydrogens is 917 g/mol. The van der Waals surface area contributed by atoms with Gasteiger partial charge in [-0.25, -0.2) is 19.6 Å². The number of rotatable bonds is 10. The number of amides is 4. The lowest BCUT2D eigenvalue weighted by Crippen LogP contribution is -2.42. The molecular formula is C59H62N8O6. The summed E-state index contributed by atoms with van der Waals surface area (Å²) in [5.41, 5.74) is 13.4. The van der Waals surface area contributed by atoms with Crippen LogP contribution < -0.4 is 10.6 Å². The third kappa shape index (κ3) is 10.2. The number of carbonyl (C=O) groups is 4. The van der Waals surface area contributed by atoms with E-state index in [1.165, 1.54) is 42.1 Å². The molecule has 73 heavy (non-hydrogen) atoms. The van der Waals surface area contributed by atoms with Crippen molar-refractivity contribution in [3.05, 3.63) is 172 Å². The zero-order valence-corrected chi connectivity index (χ0v) is 41.8. The molecule has 0 spiro atoms. The number of allylic oxidation sites excluding steroid dienone is 4. The molecule has 4 aliphatic rings. The molecule has 2 bridgehead atoms. The maximum Gasteiger partial charge on any atom is 0.407 e. The van der Waals surface area contributed by atoms with Crippen LogP contribution in [-0.4, -0.2) is 81.0 Å². The van der Waals surface area contributed by atoms with Crippen molar-refractivity contribution in [2.45, 2.75) is 89.4 Å². The predicted octanol–water partition coefficient (Wildman–Crippen LogP) is 11.2. The molecule has 4 N–H and O–H groups in total. The minimum atomic E-state index is -0.889. The molecule has 2 aliphatic carbocycles. The zero-order chi connectivity index (χ0) is 50.6. The summed E-state index contributed by atoms with van der Waals surface area (Å²) in [5, 5.41) is 5.52. The van der Waals surface area contributed by atoms with E-state index in [1.54, 1.807) is 0 Å². The molecule has 2 saturated heterocycles. The van der Waals surface area contributed by atoms with Gasteiger partial charge >= 0.3 is 12.2 Å². The largest absolute Gasteiger partial charge is 0.453 e. The molecule has 5 aromatic carbocycles. The first-order valence-electron chi connectivity index (χ1n) is 25.5. The molecule has 4 amide bonds. The third-order valence-corrected chi connectivity index (χ3v) is 15.0. The van der Waals surface area contributed by atoms with Crippen molar-refractivity contribution < 1.29 is 28.7 Å². The number of methoxy groups -OCH3 is 2. The number of aromatic amines is 2. The van der Waals surface area contributed by atoms with Gasteiger partial charge in [0.25, 0.3) is 11.8 Å². The first-order valence-corrected chi connectivity index (χ1v) is 25.5. The van der Waals surface area contributed by atoms with E-state index in [9.17, 15) is 19.2 Å². The van der Waals surface area contributed by atoms with Crippen molar-refractivity contribution in [1.82, 2.24) is 40.4 Å². The number of hydrogen-bond acceptors (Lipinski definition) is 8. The SMILES string of the molecule is C/C=C1\C=C(\c2ccc3[nH]c([C@@H]4CCCN4C(=O)[C@@H](NC(=O)OC)c4ccccc4)nc3c2)[C@H](C)CCc2ccc(c(-c3ccc4[nH]c([C@@H]5CCCN5C(=O)[C@@H](NC(=O)OC)c5ccccc5)nc4c3)c2)CC1. The number of hydrogen-bond donors (Lipinski definition) is 4. The number of nitrogens with one attached hydrogen (secondary N) is 4. The highest BCUT2D eigenvalue weighted by Gasteiger charge is 2.39. The Morgan fingerprint density at radius 2 is 1.18 bits per heavy atom. The van der Waals surface area contributed by atoms with E-state index in [0.29, 0.717) is 24.2 Å². The molecule has 0 radical (unpaired) electrons. The molecule has 14 nitrogen and oxygen atoms in total. The predicted molar refractivity (Wildman–Crippen MR) is 282 cm³/mol. The first-order chi connectivity index (χ1) is 35.6. The van der Waals surface area contributed by atoms with Gasteiger partial charge in [0.05, 0.1) is 48.4 Å². The van der Waals surface area contributed by atoms with Gasteiger partial charge in [-0.05, 0) is 133 Å². The lowest BCUT2D eigenvalue weighted by atomic mass is 9.84. The number of nitrogens with zero attached hydrogens (tertiary/aromatic N) is 4. The smallest absolute Gasteiger partial charge is 0.407 e. The van der Waals surface area contributed by atoms with E-state index in [2.05, 4.69) is 101 Å². The summed E-state index contributed by atoms with van der Waals surface area (Å²) in [6, 6.07) is 36.0. The Morgan fingerprint density at radius 1 is 0.644 bits per heavy atom. The quantitative estimate of drug-likeness (QED) is 0.105. The fraction of sp³-hybridized carbons (Fsp3) is 0.322. The molecule has 374 valence electrons. The van der Waals surface area contributed by atoms with Crippen LogP contribution in [0, 0.1) is 5.92 Å². The maximum absolute atomic E-state index is 14.2. The van der Waals surface area contributed by atoms with Crippen molar-refractivity contribution in [3.63, 3.8) is 0 Å². The molecule has 7 aromatic rings. The van der Waals surface area contributed by atoms with E-state index in [4.69, 9.17) is 19.4 Å². The van der Waals surface area contributed by atoms with E-state index >= 15 is 0 Å². The fourth-order valence-electron chi connectivity index (χ4n) is 11.0. The molecule has 2 fully saturated rings. The van der Waals surface area contributed by atoms with Crippen LogP contribution in [0.3, 0.4) is 0 Å². The first kappa shape index (κ1) is 48.6. The van der Waals surface area contributed by atoms with Gasteiger partial charge < -0.3 is 39.9 Å². The Balaban J connectivity index is 0.877. The van der Waals surface area contributed by atoms with Gasteiger partial charge in [-0.15, -0.1) is 0 Å². The number of aryl methyl sites for hydroxylation is 2. The second-order valence-corrected chi connectivity index (χ2v) is 19.4.